The Morgan fingerprint density at radius 3 is 1.12 bits per heavy atom. The Hall–Kier alpha value is -1.11. The molecule has 7 rings (SSSR count). The van der Waals surface area contributed by atoms with Crippen molar-refractivity contribution in [2.24, 2.45) is 0 Å². The third kappa shape index (κ3) is 13.3. The SMILES string of the molecule is C1CCC([PH+](C2CCCCC2)C2CCCCC2)CC1.Cc1cc(C)c(N2[CH-]N(c3c(C)cc(C)cc3C)CC2)c(C)c1.[Cl][Ru+2][Cl].[c-]1ccccc1. The van der Waals surface area contributed by atoms with Gasteiger partial charge in [0.05, 0.1) is 17.0 Å². The Morgan fingerprint density at radius 2 is 0.863 bits per heavy atom. The van der Waals surface area contributed by atoms with Gasteiger partial charge in [0.2, 0.25) is 0 Å². The van der Waals surface area contributed by atoms with Gasteiger partial charge in [-0.25, -0.2) is 0 Å². The Balaban J connectivity index is 0.000000186. The van der Waals surface area contributed by atoms with Gasteiger partial charge in [-0.1, -0.05) is 54.7 Å². The van der Waals surface area contributed by atoms with Crippen LogP contribution in [0, 0.1) is 54.3 Å². The molecule has 3 saturated carbocycles. The fourth-order valence-corrected chi connectivity index (χ4v) is 15.0. The summed E-state index contributed by atoms with van der Waals surface area (Å²) in [6.45, 7) is 17.6. The molecule has 0 aromatic heterocycles. The quantitative estimate of drug-likeness (QED) is 0.143. The number of rotatable bonds is 5. The molecular weight excluding hydrogens is 771 g/mol. The van der Waals surface area contributed by atoms with Gasteiger partial charge in [-0.3, -0.25) is 0 Å². The molecule has 3 aromatic carbocycles. The number of halogens is 2. The molecule has 1 saturated heterocycles. The van der Waals surface area contributed by atoms with Gasteiger partial charge in [-0.15, -0.1) is 0 Å². The van der Waals surface area contributed by atoms with Gasteiger partial charge in [-0.2, -0.15) is 43.1 Å². The molecule has 282 valence electrons. The minimum atomic E-state index is -0.346. The first-order chi connectivity index (χ1) is 24.7. The first kappa shape index (κ1) is 42.6. The summed E-state index contributed by atoms with van der Waals surface area (Å²) in [7, 11) is 9.66. The molecule has 3 aromatic rings. The first-order valence-electron chi connectivity index (χ1n) is 19.9. The zero-order chi connectivity index (χ0) is 36.6. The number of hydrogen-bond acceptors (Lipinski definition) is 2. The van der Waals surface area contributed by atoms with Gasteiger partial charge in [0.25, 0.3) is 0 Å². The Kier molecular flexibility index (Phi) is 19.2. The number of nitrogens with zero attached hydrogens (tertiary/aromatic N) is 2. The summed E-state index contributed by atoms with van der Waals surface area (Å²) in [5, 5.41) is 0. The summed E-state index contributed by atoms with van der Waals surface area (Å²) < 4.78 is 0. The number of aryl methyl sites for hydroxylation is 6. The molecule has 4 fully saturated rings. The molecule has 0 atom stereocenters. The molecule has 0 radical (unpaired) electrons. The van der Waals surface area contributed by atoms with Crippen molar-refractivity contribution in [3.05, 3.63) is 101 Å². The number of anilines is 2. The maximum absolute atomic E-state index is 4.85. The Morgan fingerprint density at radius 1 is 0.549 bits per heavy atom. The largest absolute Gasteiger partial charge is 0.184 e. The summed E-state index contributed by atoms with van der Waals surface area (Å²) >= 11 is -0.346. The molecule has 6 heteroatoms. The molecule has 1 aliphatic heterocycles. The van der Waals surface area contributed by atoms with Gasteiger partial charge >= 0.3 is 34.5 Å². The maximum atomic E-state index is 4.85. The van der Waals surface area contributed by atoms with Gasteiger partial charge in [0.1, 0.15) is 0 Å². The third-order valence-electron chi connectivity index (χ3n) is 11.5. The van der Waals surface area contributed by atoms with E-state index < -0.39 is 0 Å². The van der Waals surface area contributed by atoms with Crippen molar-refractivity contribution in [3.8, 4) is 0 Å². The van der Waals surface area contributed by atoms with Gasteiger partial charge in [0, 0.05) is 32.4 Å². The zero-order valence-corrected chi connectivity index (χ0v) is 36.8. The van der Waals surface area contributed by atoms with E-state index in [1.807, 2.05) is 30.3 Å². The molecular formula is C45H66Cl2N2PRu+. The summed E-state index contributed by atoms with van der Waals surface area (Å²) in [4.78, 5) is 4.81. The fourth-order valence-electron chi connectivity index (χ4n) is 9.74. The molecule has 0 spiro atoms. The van der Waals surface area contributed by atoms with E-state index >= 15 is 0 Å². The first-order valence-corrected chi connectivity index (χ1v) is 26.1. The van der Waals surface area contributed by atoms with Crippen LogP contribution in [0.1, 0.15) is 130 Å². The molecule has 2 nitrogen and oxygen atoms in total. The fraction of sp³-hybridized carbons (Fsp3) is 0.578. The van der Waals surface area contributed by atoms with Gasteiger partial charge in [0.15, 0.2) is 0 Å². The topological polar surface area (TPSA) is 6.48 Å². The minimum Gasteiger partial charge on any atom is -0.184 e. The maximum Gasteiger partial charge on any atom is -0.171 e. The van der Waals surface area contributed by atoms with Crippen molar-refractivity contribution in [3.63, 3.8) is 0 Å². The second-order valence-corrected chi connectivity index (χ2v) is 21.7. The van der Waals surface area contributed by atoms with Crippen LogP contribution in [-0.2, 0) is 15.1 Å². The van der Waals surface area contributed by atoms with Crippen molar-refractivity contribution >= 4 is 38.7 Å². The van der Waals surface area contributed by atoms with E-state index in [1.54, 1.807) is 96.3 Å². The molecule has 0 bridgehead atoms. The molecule has 4 aliphatic rings. The normalized spacial score (nSPS) is 18.7. The van der Waals surface area contributed by atoms with E-state index in [-0.39, 0.29) is 23.1 Å². The van der Waals surface area contributed by atoms with Crippen molar-refractivity contribution in [2.75, 3.05) is 22.9 Å². The van der Waals surface area contributed by atoms with E-state index in [1.165, 1.54) is 61.7 Å². The van der Waals surface area contributed by atoms with Crippen molar-refractivity contribution in [1.82, 2.24) is 0 Å². The molecule has 51 heavy (non-hydrogen) atoms. The van der Waals surface area contributed by atoms with Gasteiger partial charge < -0.3 is 9.80 Å². The smallest absolute Gasteiger partial charge is 0.171 e. The van der Waals surface area contributed by atoms with Crippen molar-refractivity contribution < 1.29 is 15.1 Å². The van der Waals surface area contributed by atoms with Crippen molar-refractivity contribution in [1.29, 1.82) is 0 Å². The second-order valence-electron chi connectivity index (χ2n) is 15.6. The minimum absolute atomic E-state index is 0.0465. The van der Waals surface area contributed by atoms with Crippen LogP contribution in [0.5, 0.6) is 0 Å². The molecule has 0 unspecified atom stereocenters. The number of hydrogen-bond donors (Lipinski definition) is 0. The average Bonchev–Trinajstić information content (AvgIpc) is 3.59. The summed E-state index contributed by atoms with van der Waals surface area (Å²) in [5.74, 6) is 0. The Labute approximate surface area is 330 Å². The van der Waals surface area contributed by atoms with E-state index in [2.05, 4.69) is 88.3 Å². The third-order valence-corrected chi connectivity index (χ3v) is 16.1. The molecule has 0 amide bonds. The van der Waals surface area contributed by atoms with Crippen LogP contribution in [0.3, 0.4) is 0 Å². The molecule has 3 aliphatic carbocycles. The molecule has 1 heterocycles. The van der Waals surface area contributed by atoms with Crippen LogP contribution >= 0.6 is 27.3 Å². The predicted octanol–water partition coefficient (Wildman–Crippen LogP) is 14.0. The summed E-state index contributed by atoms with van der Waals surface area (Å²) in [6, 6.07) is 21.6. The van der Waals surface area contributed by atoms with Crippen LogP contribution in [0.15, 0.2) is 54.6 Å². The van der Waals surface area contributed by atoms with E-state index in [0.717, 1.165) is 13.1 Å². The van der Waals surface area contributed by atoms with Crippen LogP contribution < -0.4 is 9.80 Å². The predicted molar refractivity (Wildman–Crippen MR) is 226 cm³/mol. The van der Waals surface area contributed by atoms with Crippen molar-refractivity contribution in [2.45, 2.75) is 155 Å². The van der Waals surface area contributed by atoms with Crippen LogP contribution in [-0.4, -0.2) is 30.1 Å². The van der Waals surface area contributed by atoms with E-state index in [4.69, 9.17) is 19.4 Å². The van der Waals surface area contributed by atoms with Crippen LogP contribution in [0.4, 0.5) is 11.4 Å². The monoisotopic (exact) mass is 837 g/mol. The zero-order valence-electron chi connectivity index (χ0n) is 32.5. The summed E-state index contributed by atoms with van der Waals surface area (Å²) in [5.41, 5.74) is 14.5. The van der Waals surface area contributed by atoms with Gasteiger partial charge in [-0.05, 0) is 141 Å². The summed E-state index contributed by atoms with van der Waals surface area (Å²) in [6.07, 6.45) is 23.8. The van der Waals surface area contributed by atoms with E-state index in [0.29, 0.717) is 0 Å². The standard InChI is InChI=1S/C21H27N2.C18H33P.C6H5.2ClH.Ru/c1-14-9-16(3)20(17(4)10-14)22-7-8-23(13-22)21-18(5)11-15(2)12-19(21)6;1-4-10-16(11-5-1)19(17-12-6-2-7-13-17)18-14-8-3-9-15-18;1-2-4-6-5-3-1;;;/h9-13H,7-8H2,1-6H3;16-18H,1-15H2;1-5H;2*1H;/q-1;;-1;;;+4/p-1. The van der Waals surface area contributed by atoms with Crippen LogP contribution in [0.2, 0.25) is 0 Å². The molecule has 0 N–H and O–H groups in total. The average molecular weight is 838 g/mol. The number of benzene rings is 3. The van der Waals surface area contributed by atoms with Crippen LogP contribution in [0.25, 0.3) is 0 Å². The van der Waals surface area contributed by atoms with E-state index in [9.17, 15) is 0 Å². The Bertz CT molecular complexity index is 1240. The second kappa shape index (κ2) is 23.0.